The number of ketones is 1. The lowest BCUT2D eigenvalue weighted by molar-refractivity contribution is -0.157. The summed E-state index contributed by atoms with van der Waals surface area (Å²) in [5, 5.41) is 9.08. The van der Waals surface area contributed by atoms with Gasteiger partial charge in [0.2, 0.25) is 0 Å². The van der Waals surface area contributed by atoms with Crippen molar-refractivity contribution in [2.45, 2.75) is 91.4 Å². The van der Waals surface area contributed by atoms with Gasteiger partial charge in [-0.25, -0.2) is 0 Å². The summed E-state index contributed by atoms with van der Waals surface area (Å²) >= 11 is 0. The molecule has 0 aromatic carbocycles. The summed E-state index contributed by atoms with van der Waals surface area (Å²) in [7, 11) is 0. The second kappa shape index (κ2) is 6.88. The lowest BCUT2D eigenvalue weighted by atomic mass is 9.44. The minimum Gasteiger partial charge on any atom is -0.481 e. The fraction of sp³-hybridized carbons (Fsp3) is 0.917. The fourth-order valence-corrected chi connectivity index (χ4v) is 8.50. The minimum absolute atomic E-state index is 0.197. The van der Waals surface area contributed by atoms with Crippen molar-refractivity contribution < 1.29 is 14.7 Å². The van der Waals surface area contributed by atoms with E-state index in [1.165, 1.54) is 44.9 Å². The highest BCUT2D eigenvalue weighted by Gasteiger charge is 2.63. The third-order valence-electron chi connectivity index (χ3n) is 10.0. The van der Waals surface area contributed by atoms with Gasteiger partial charge in [0, 0.05) is 18.3 Å². The van der Waals surface area contributed by atoms with Gasteiger partial charge in [-0.2, -0.15) is 0 Å². The Hall–Kier alpha value is -0.860. The number of hydrogen-bond acceptors (Lipinski definition) is 2. The molecule has 0 aliphatic heterocycles. The number of aliphatic carboxylic acids is 1. The Morgan fingerprint density at radius 1 is 1.11 bits per heavy atom. The van der Waals surface area contributed by atoms with E-state index in [0.29, 0.717) is 41.3 Å². The maximum absolute atomic E-state index is 13.6. The van der Waals surface area contributed by atoms with Crippen LogP contribution in [0, 0.1) is 46.3 Å². The molecule has 0 spiro atoms. The second-order valence-electron chi connectivity index (χ2n) is 10.9. The summed E-state index contributed by atoms with van der Waals surface area (Å²) in [5.74, 6) is 3.24. The van der Waals surface area contributed by atoms with Gasteiger partial charge in [0.25, 0.3) is 0 Å². The molecule has 4 aliphatic rings. The zero-order chi connectivity index (χ0) is 19.4. The Morgan fingerprint density at radius 3 is 2.63 bits per heavy atom. The topological polar surface area (TPSA) is 54.4 Å². The summed E-state index contributed by atoms with van der Waals surface area (Å²) in [5.41, 5.74) is 0.197. The molecule has 152 valence electrons. The van der Waals surface area contributed by atoms with Crippen LogP contribution in [0.3, 0.4) is 0 Å². The van der Waals surface area contributed by atoms with Crippen molar-refractivity contribution in [3.8, 4) is 0 Å². The molecule has 1 N–H and O–H groups in total. The molecule has 4 aliphatic carbocycles. The lowest BCUT2D eigenvalue weighted by Crippen LogP contribution is -2.56. The highest BCUT2D eigenvalue weighted by Crippen LogP contribution is 2.67. The molecule has 0 aromatic heterocycles. The first kappa shape index (κ1) is 19.5. The molecular weight excluding hydrogens is 336 g/mol. The quantitative estimate of drug-likeness (QED) is 0.685. The third kappa shape index (κ3) is 2.90. The van der Waals surface area contributed by atoms with E-state index >= 15 is 0 Å². The van der Waals surface area contributed by atoms with Crippen molar-refractivity contribution >= 4 is 11.8 Å². The van der Waals surface area contributed by atoms with Gasteiger partial charge in [0.15, 0.2) is 0 Å². The van der Waals surface area contributed by atoms with Crippen LogP contribution in [0.4, 0.5) is 0 Å². The number of fused-ring (bicyclic) bond motifs is 5. The van der Waals surface area contributed by atoms with E-state index in [1.54, 1.807) is 0 Å². The van der Waals surface area contributed by atoms with Crippen molar-refractivity contribution in [2.24, 2.45) is 46.3 Å². The molecule has 0 aromatic rings. The average molecular weight is 375 g/mol. The molecule has 0 saturated heterocycles. The van der Waals surface area contributed by atoms with Crippen LogP contribution in [0.5, 0.6) is 0 Å². The largest absolute Gasteiger partial charge is 0.481 e. The van der Waals surface area contributed by atoms with Gasteiger partial charge in [0.1, 0.15) is 5.78 Å². The Balaban J connectivity index is 1.58. The number of carbonyl (C=O) groups excluding carboxylic acids is 1. The number of Topliss-reactive ketones (excluding diaryl/α,β-unsaturated/α-hetero) is 1. The van der Waals surface area contributed by atoms with Gasteiger partial charge in [-0.1, -0.05) is 33.6 Å². The van der Waals surface area contributed by atoms with E-state index in [9.17, 15) is 9.59 Å². The molecule has 3 nitrogen and oxygen atoms in total. The Kier molecular flexibility index (Phi) is 4.96. The molecule has 4 saturated carbocycles. The van der Waals surface area contributed by atoms with E-state index in [4.69, 9.17) is 5.11 Å². The maximum atomic E-state index is 13.6. The fourth-order valence-electron chi connectivity index (χ4n) is 8.50. The van der Waals surface area contributed by atoms with Gasteiger partial charge >= 0.3 is 5.97 Å². The maximum Gasteiger partial charge on any atom is 0.303 e. The molecule has 0 unspecified atom stereocenters. The predicted molar refractivity (Wildman–Crippen MR) is 106 cm³/mol. The molecule has 3 heteroatoms. The van der Waals surface area contributed by atoms with Crippen LogP contribution in [0.15, 0.2) is 0 Å². The number of carbonyl (C=O) groups is 2. The zero-order valence-corrected chi connectivity index (χ0v) is 17.5. The molecule has 0 amide bonds. The van der Waals surface area contributed by atoms with Crippen LogP contribution in [-0.4, -0.2) is 16.9 Å². The van der Waals surface area contributed by atoms with Crippen LogP contribution in [0.2, 0.25) is 0 Å². The van der Waals surface area contributed by atoms with E-state index in [-0.39, 0.29) is 11.8 Å². The predicted octanol–water partition coefficient (Wildman–Crippen LogP) is 5.72. The highest BCUT2D eigenvalue weighted by atomic mass is 16.4. The van der Waals surface area contributed by atoms with Crippen molar-refractivity contribution in [1.82, 2.24) is 0 Å². The standard InChI is InChI=1S/C24H38O3/c1-15(7-12-22(26)27)18-10-11-19-17-9-8-16-6-4-5-13-23(16,2)20(17)14-21(25)24(18,19)3/h15-20H,4-14H2,1-3H3,(H,26,27)/t15-,16+,17+,18-,19+,20+,23+,24-/m1/s1. The van der Waals surface area contributed by atoms with Crippen molar-refractivity contribution in [1.29, 1.82) is 0 Å². The smallest absolute Gasteiger partial charge is 0.303 e. The molecule has 0 radical (unpaired) electrons. The minimum atomic E-state index is -0.708. The van der Waals surface area contributed by atoms with E-state index < -0.39 is 5.97 Å². The number of carboxylic acid groups (broad SMARTS) is 1. The third-order valence-corrected chi connectivity index (χ3v) is 10.0. The lowest BCUT2D eigenvalue weighted by Gasteiger charge is -2.60. The molecule has 0 bridgehead atoms. The van der Waals surface area contributed by atoms with Crippen LogP contribution in [0.1, 0.15) is 91.4 Å². The van der Waals surface area contributed by atoms with Crippen LogP contribution in [-0.2, 0) is 9.59 Å². The SMILES string of the molecule is C[C@H](CCC(=O)O)[C@H]1CC[C@H]2[C@@H]3CC[C@@H]4CCCC[C@]4(C)[C@H]3CC(=O)[C@]12C. The number of carboxylic acids is 1. The van der Waals surface area contributed by atoms with E-state index in [1.807, 2.05) is 0 Å². The van der Waals surface area contributed by atoms with Crippen LogP contribution in [0.25, 0.3) is 0 Å². The summed E-state index contributed by atoms with van der Waals surface area (Å²) in [6.07, 6.45) is 12.2. The van der Waals surface area contributed by atoms with Crippen LogP contribution < -0.4 is 0 Å². The van der Waals surface area contributed by atoms with Crippen LogP contribution >= 0.6 is 0 Å². The van der Waals surface area contributed by atoms with Crippen molar-refractivity contribution in [3.05, 3.63) is 0 Å². The Labute approximate surface area is 164 Å². The molecule has 8 atom stereocenters. The summed E-state index contributed by atoms with van der Waals surface area (Å²) in [6.45, 7) is 6.98. The van der Waals surface area contributed by atoms with E-state index in [0.717, 1.165) is 24.7 Å². The Morgan fingerprint density at radius 2 is 1.89 bits per heavy atom. The monoisotopic (exact) mass is 374 g/mol. The molecule has 4 fully saturated rings. The highest BCUT2D eigenvalue weighted by molar-refractivity contribution is 5.87. The first-order valence-electron chi connectivity index (χ1n) is 11.5. The average Bonchev–Trinajstić information content (AvgIpc) is 2.99. The first-order valence-corrected chi connectivity index (χ1v) is 11.5. The normalized spacial score (nSPS) is 47.7. The van der Waals surface area contributed by atoms with Gasteiger partial charge < -0.3 is 5.11 Å². The molecule has 0 heterocycles. The number of hydrogen-bond donors (Lipinski definition) is 1. The summed E-state index contributed by atoms with van der Waals surface area (Å²) < 4.78 is 0. The van der Waals surface area contributed by atoms with Gasteiger partial charge in [0.05, 0.1) is 0 Å². The second-order valence-corrected chi connectivity index (χ2v) is 10.9. The zero-order valence-electron chi connectivity index (χ0n) is 17.5. The van der Waals surface area contributed by atoms with Gasteiger partial charge in [-0.05, 0) is 85.9 Å². The van der Waals surface area contributed by atoms with Gasteiger partial charge in [-0.15, -0.1) is 0 Å². The molecule has 4 rings (SSSR count). The molecule has 27 heavy (non-hydrogen) atoms. The number of rotatable bonds is 4. The van der Waals surface area contributed by atoms with Gasteiger partial charge in [-0.3, -0.25) is 9.59 Å². The summed E-state index contributed by atoms with van der Waals surface area (Å²) in [6, 6.07) is 0. The Bertz CT molecular complexity index is 613. The first-order chi connectivity index (χ1) is 12.8. The van der Waals surface area contributed by atoms with E-state index in [2.05, 4.69) is 20.8 Å². The van der Waals surface area contributed by atoms with Crippen molar-refractivity contribution in [2.75, 3.05) is 0 Å². The van der Waals surface area contributed by atoms with Crippen molar-refractivity contribution in [3.63, 3.8) is 0 Å². The molecular formula is C24H38O3. The summed E-state index contributed by atoms with van der Waals surface area (Å²) in [4.78, 5) is 24.6.